The van der Waals surface area contributed by atoms with Gasteiger partial charge in [-0.2, -0.15) is 4.31 Å². The van der Waals surface area contributed by atoms with Crippen LogP contribution in [0.5, 0.6) is 0 Å². The van der Waals surface area contributed by atoms with Crippen LogP contribution in [0.1, 0.15) is 12.5 Å². The molecule has 0 saturated carbocycles. The van der Waals surface area contributed by atoms with E-state index in [2.05, 4.69) is 0 Å². The number of primary amides is 1. The largest absolute Gasteiger partial charge is 0.369 e. The van der Waals surface area contributed by atoms with Gasteiger partial charge < -0.3 is 11.5 Å². The summed E-state index contributed by atoms with van der Waals surface area (Å²) in [6, 6.07) is 4.45. The summed E-state index contributed by atoms with van der Waals surface area (Å²) in [5.41, 5.74) is 11.2. The maximum atomic E-state index is 12.3. The molecular weight excluding hydrogens is 290 g/mol. The van der Waals surface area contributed by atoms with Gasteiger partial charge in [-0.15, -0.1) is 0 Å². The third kappa shape index (κ3) is 3.66. The summed E-state index contributed by atoms with van der Waals surface area (Å²) < 4.78 is 25.6. The second-order valence-corrected chi connectivity index (χ2v) is 6.18. The van der Waals surface area contributed by atoms with Gasteiger partial charge >= 0.3 is 0 Å². The SMILES string of the molecule is CCN(CC(N)=O)S(=O)(=O)c1ccc(CN)cc1Cl. The highest BCUT2D eigenvalue weighted by atomic mass is 35.5. The Hall–Kier alpha value is -1.15. The first kappa shape index (κ1) is 15.9. The van der Waals surface area contributed by atoms with Crippen molar-refractivity contribution < 1.29 is 13.2 Å². The van der Waals surface area contributed by atoms with Crippen molar-refractivity contribution in [1.82, 2.24) is 4.31 Å². The van der Waals surface area contributed by atoms with Gasteiger partial charge in [-0.05, 0) is 17.7 Å². The normalized spacial score (nSPS) is 11.8. The number of rotatable bonds is 6. The minimum atomic E-state index is -3.84. The summed E-state index contributed by atoms with van der Waals surface area (Å²) in [6.45, 7) is 1.62. The number of nitrogens with two attached hydrogens (primary N) is 2. The zero-order chi connectivity index (χ0) is 14.6. The van der Waals surface area contributed by atoms with Crippen molar-refractivity contribution in [3.05, 3.63) is 28.8 Å². The van der Waals surface area contributed by atoms with Gasteiger partial charge in [0.25, 0.3) is 0 Å². The molecule has 0 aliphatic heterocycles. The van der Waals surface area contributed by atoms with Crippen LogP contribution in [0.4, 0.5) is 0 Å². The molecule has 0 bridgehead atoms. The van der Waals surface area contributed by atoms with Gasteiger partial charge in [-0.25, -0.2) is 8.42 Å². The number of carbonyl (C=O) groups is 1. The highest BCUT2D eigenvalue weighted by molar-refractivity contribution is 7.89. The van der Waals surface area contributed by atoms with Crippen LogP contribution >= 0.6 is 11.6 Å². The van der Waals surface area contributed by atoms with E-state index in [1.165, 1.54) is 12.1 Å². The lowest BCUT2D eigenvalue weighted by Gasteiger charge is -2.19. The molecule has 0 heterocycles. The Bertz CT molecular complexity index is 575. The Morgan fingerprint density at radius 1 is 1.42 bits per heavy atom. The molecule has 4 N–H and O–H groups in total. The molecule has 0 aliphatic carbocycles. The van der Waals surface area contributed by atoms with Gasteiger partial charge in [0.05, 0.1) is 11.6 Å². The van der Waals surface area contributed by atoms with E-state index < -0.39 is 15.9 Å². The van der Waals surface area contributed by atoms with Gasteiger partial charge in [0, 0.05) is 13.1 Å². The third-order valence-corrected chi connectivity index (χ3v) is 4.94. The predicted molar refractivity (Wildman–Crippen MR) is 73.0 cm³/mol. The lowest BCUT2D eigenvalue weighted by atomic mass is 10.2. The molecule has 0 aliphatic rings. The highest BCUT2D eigenvalue weighted by Gasteiger charge is 2.26. The van der Waals surface area contributed by atoms with Gasteiger partial charge in [-0.1, -0.05) is 24.6 Å². The molecule has 6 nitrogen and oxygen atoms in total. The van der Waals surface area contributed by atoms with Crippen LogP contribution < -0.4 is 11.5 Å². The van der Waals surface area contributed by atoms with E-state index >= 15 is 0 Å². The molecule has 0 saturated heterocycles. The van der Waals surface area contributed by atoms with E-state index in [1.54, 1.807) is 13.0 Å². The van der Waals surface area contributed by atoms with Crippen molar-refractivity contribution in [1.29, 1.82) is 0 Å². The molecule has 1 rings (SSSR count). The lowest BCUT2D eigenvalue weighted by molar-refractivity contribution is -0.118. The molecule has 0 aromatic heterocycles. The number of benzene rings is 1. The monoisotopic (exact) mass is 305 g/mol. The van der Waals surface area contributed by atoms with Crippen LogP contribution in [-0.4, -0.2) is 31.7 Å². The third-order valence-electron chi connectivity index (χ3n) is 2.53. The van der Waals surface area contributed by atoms with Gasteiger partial charge in [-0.3, -0.25) is 4.79 Å². The standard InChI is InChI=1S/C11H16ClN3O3S/c1-2-15(7-11(14)16)19(17,18)10-4-3-8(6-13)5-9(10)12/h3-5H,2,6-7,13H2,1H3,(H2,14,16). The molecule has 0 fully saturated rings. The maximum absolute atomic E-state index is 12.3. The summed E-state index contributed by atoms with van der Waals surface area (Å²) in [7, 11) is -3.84. The molecule has 106 valence electrons. The van der Waals surface area contributed by atoms with Gasteiger partial charge in [0.1, 0.15) is 4.90 Å². The second-order valence-electron chi connectivity index (χ2n) is 3.87. The molecule has 0 atom stereocenters. The number of nitrogens with zero attached hydrogens (tertiary/aromatic N) is 1. The Morgan fingerprint density at radius 3 is 2.47 bits per heavy atom. The van der Waals surface area contributed by atoms with Crippen LogP contribution in [0.2, 0.25) is 5.02 Å². The Kier molecular flexibility index (Phi) is 5.30. The number of halogens is 1. The van der Waals surface area contributed by atoms with Crippen molar-refractivity contribution in [2.75, 3.05) is 13.1 Å². The first-order valence-electron chi connectivity index (χ1n) is 5.59. The van der Waals surface area contributed by atoms with Gasteiger partial charge in [0.2, 0.25) is 15.9 Å². The lowest BCUT2D eigenvalue weighted by Crippen LogP contribution is -2.38. The summed E-state index contributed by atoms with van der Waals surface area (Å²) in [4.78, 5) is 10.8. The van der Waals surface area contributed by atoms with Gasteiger partial charge in [0.15, 0.2) is 0 Å². The van der Waals surface area contributed by atoms with Crippen molar-refractivity contribution >= 4 is 27.5 Å². The minimum absolute atomic E-state index is 0.0607. The van der Waals surface area contributed by atoms with Crippen LogP contribution in [-0.2, 0) is 21.4 Å². The number of carbonyl (C=O) groups excluding carboxylic acids is 1. The van der Waals surface area contributed by atoms with E-state index in [0.29, 0.717) is 0 Å². The Balaban J connectivity index is 3.22. The Morgan fingerprint density at radius 2 is 2.05 bits per heavy atom. The van der Waals surface area contributed by atoms with Crippen LogP contribution in [0.3, 0.4) is 0 Å². The smallest absolute Gasteiger partial charge is 0.245 e. The predicted octanol–water partition coefficient (Wildman–Crippen LogP) is 0.295. The van der Waals surface area contributed by atoms with E-state index in [-0.39, 0.29) is 29.6 Å². The molecule has 19 heavy (non-hydrogen) atoms. The molecule has 1 aromatic carbocycles. The summed E-state index contributed by atoms with van der Waals surface area (Å²) in [5, 5.41) is 0.0749. The zero-order valence-electron chi connectivity index (χ0n) is 10.5. The summed E-state index contributed by atoms with van der Waals surface area (Å²) in [5.74, 6) is -0.722. The van der Waals surface area contributed by atoms with Crippen molar-refractivity contribution in [3.63, 3.8) is 0 Å². The van der Waals surface area contributed by atoms with Crippen LogP contribution in [0.25, 0.3) is 0 Å². The quantitative estimate of drug-likeness (QED) is 0.788. The molecule has 1 aromatic rings. The molecule has 0 spiro atoms. The summed E-state index contributed by atoms with van der Waals surface area (Å²) >= 11 is 5.95. The second kappa shape index (κ2) is 6.33. The molecule has 1 amide bonds. The molecule has 0 radical (unpaired) electrons. The van der Waals surface area contributed by atoms with E-state index in [4.69, 9.17) is 23.1 Å². The van der Waals surface area contributed by atoms with E-state index in [0.717, 1.165) is 9.87 Å². The average molecular weight is 306 g/mol. The number of amides is 1. The van der Waals surface area contributed by atoms with Crippen LogP contribution in [0, 0.1) is 0 Å². The van der Waals surface area contributed by atoms with Crippen molar-refractivity contribution in [2.45, 2.75) is 18.4 Å². The minimum Gasteiger partial charge on any atom is -0.369 e. The topological polar surface area (TPSA) is 106 Å². The summed E-state index contributed by atoms with van der Waals surface area (Å²) in [6.07, 6.45) is 0. The van der Waals surface area contributed by atoms with Crippen LogP contribution in [0.15, 0.2) is 23.1 Å². The number of likely N-dealkylation sites (N-methyl/N-ethyl adjacent to an activating group) is 1. The van der Waals surface area contributed by atoms with E-state index in [9.17, 15) is 13.2 Å². The van der Waals surface area contributed by atoms with Crippen molar-refractivity contribution in [2.24, 2.45) is 11.5 Å². The fraction of sp³-hybridized carbons (Fsp3) is 0.364. The van der Waals surface area contributed by atoms with Crippen molar-refractivity contribution in [3.8, 4) is 0 Å². The molecule has 0 unspecified atom stereocenters. The number of hydrogen-bond acceptors (Lipinski definition) is 4. The Labute approximate surface area is 117 Å². The number of sulfonamides is 1. The first-order chi connectivity index (χ1) is 8.82. The molecule has 8 heteroatoms. The fourth-order valence-electron chi connectivity index (χ4n) is 1.56. The maximum Gasteiger partial charge on any atom is 0.245 e. The van der Waals surface area contributed by atoms with E-state index in [1.807, 2.05) is 0 Å². The number of hydrogen-bond donors (Lipinski definition) is 2. The average Bonchev–Trinajstić information content (AvgIpc) is 2.34. The molecular formula is C11H16ClN3O3S. The zero-order valence-corrected chi connectivity index (χ0v) is 12.0. The first-order valence-corrected chi connectivity index (χ1v) is 7.41. The fourth-order valence-corrected chi connectivity index (χ4v) is 3.52. The highest BCUT2D eigenvalue weighted by Crippen LogP contribution is 2.25.